The van der Waals surface area contributed by atoms with Gasteiger partial charge in [0.15, 0.2) is 5.16 Å². The number of anilines is 1. The molecule has 0 bridgehead atoms. The molecule has 27 heavy (non-hydrogen) atoms. The fourth-order valence-electron chi connectivity index (χ4n) is 2.41. The summed E-state index contributed by atoms with van der Waals surface area (Å²) in [5.41, 5.74) is 1.49. The van der Waals surface area contributed by atoms with Crippen LogP contribution >= 0.6 is 11.8 Å². The summed E-state index contributed by atoms with van der Waals surface area (Å²) in [7, 11) is 0. The SMILES string of the molecule is Cc1cccc(-n2ccnc2SCC(=O)Nc2cc([N+](=O)[O-])ccc2F)c1. The molecule has 1 N–H and O–H groups in total. The van der Waals surface area contributed by atoms with Gasteiger partial charge in [-0.25, -0.2) is 9.37 Å². The summed E-state index contributed by atoms with van der Waals surface area (Å²) in [6.07, 6.45) is 3.41. The summed E-state index contributed by atoms with van der Waals surface area (Å²) >= 11 is 1.18. The highest BCUT2D eigenvalue weighted by Crippen LogP contribution is 2.23. The number of nitro benzene ring substituents is 1. The van der Waals surface area contributed by atoms with E-state index in [1.807, 2.05) is 35.8 Å². The lowest BCUT2D eigenvalue weighted by Crippen LogP contribution is -2.15. The van der Waals surface area contributed by atoms with Crippen molar-refractivity contribution in [2.75, 3.05) is 11.1 Å². The van der Waals surface area contributed by atoms with Gasteiger partial charge < -0.3 is 5.32 Å². The molecule has 0 aliphatic carbocycles. The maximum absolute atomic E-state index is 13.8. The molecule has 0 unspecified atom stereocenters. The highest BCUT2D eigenvalue weighted by Gasteiger charge is 2.14. The molecule has 1 aromatic heterocycles. The van der Waals surface area contributed by atoms with Crippen LogP contribution < -0.4 is 5.32 Å². The molecular weight excluding hydrogens is 371 g/mol. The molecule has 2 aromatic carbocycles. The van der Waals surface area contributed by atoms with E-state index in [4.69, 9.17) is 0 Å². The Hall–Kier alpha value is -3.20. The van der Waals surface area contributed by atoms with Crippen LogP contribution in [0.4, 0.5) is 15.8 Å². The molecule has 9 heteroatoms. The van der Waals surface area contributed by atoms with E-state index in [1.54, 1.807) is 12.4 Å². The lowest BCUT2D eigenvalue weighted by molar-refractivity contribution is -0.384. The lowest BCUT2D eigenvalue weighted by atomic mass is 10.2. The van der Waals surface area contributed by atoms with Crippen LogP contribution in [0.25, 0.3) is 5.69 Å². The van der Waals surface area contributed by atoms with Gasteiger partial charge in [-0.2, -0.15) is 0 Å². The molecule has 1 heterocycles. The third-order valence-electron chi connectivity index (χ3n) is 3.65. The second kappa shape index (κ2) is 8.00. The van der Waals surface area contributed by atoms with Crippen LogP contribution in [-0.4, -0.2) is 26.1 Å². The van der Waals surface area contributed by atoms with E-state index in [0.29, 0.717) is 5.16 Å². The third-order valence-corrected chi connectivity index (χ3v) is 4.62. The third kappa shape index (κ3) is 4.50. The van der Waals surface area contributed by atoms with E-state index >= 15 is 0 Å². The summed E-state index contributed by atoms with van der Waals surface area (Å²) in [6.45, 7) is 1.98. The Morgan fingerprint density at radius 1 is 1.33 bits per heavy atom. The average molecular weight is 386 g/mol. The molecule has 0 saturated heterocycles. The average Bonchev–Trinajstić information content (AvgIpc) is 3.10. The van der Waals surface area contributed by atoms with Crippen molar-refractivity contribution in [2.24, 2.45) is 0 Å². The molecule has 0 atom stereocenters. The summed E-state index contributed by atoms with van der Waals surface area (Å²) in [5, 5.41) is 13.7. The molecule has 0 saturated carbocycles. The minimum absolute atomic E-state index is 0.0229. The molecule has 1 amide bonds. The molecule has 3 aromatic rings. The predicted octanol–water partition coefficient (Wildman–Crippen LogP) is 3.96. The van der Waals surface area contributed by atoms with E-state index in [2.05, 4.69) is 10.3 Å². The number of nitrogens with one attached hydrogen (secondary N) is 1. The van der Waals surface area contributed by atoms with E-state index in [9.17, 15) is 19.3 Å². The Morgan fingerprint density at radius 3 is 2.89 bits per heavy atom. The molecule has 138 valence electrons. The van der Waals surface area contributed by atoms with Crippen molar-refractivity contribution in [3.8, 4) is 5.69 Å². The second-order valence-electron chi connectivity index (χ2n) is 5.68. The van der Waals surface area contributed by atoms with Gasteiger partial charge in [0.05, 0.1) is 16.4 Å². The number of benzene rings is 2. The van der Waals surface area contributed by atoms with Crippen LogP contribution in [-0.2, 0) is 4.79 Å². The number of hydrogen-bond acceptors (Lipinski definition) is 5. The molecule has 0 fully saturated rings. The molecular formula is C18H15FN4O3S. The summed E-state index contributed by atoms with van der Waals surface area (Å²) in [6, 6.07) is 10.8. The number of nitrogens with zero attached hydrogens (tertiary/aromatic N) is 3. The Balaban J connectivity index is 1.68. The quantitative estimate of drug-likeness (QED) is 0.393. The lowest BCUT2D eigenvalue weighted by Gasteiger charge is -2.09. The number of non-ortho nitro benzene ring substituents is 1. The standard InChI is InChI=1S/C18H15FN4O3S/c1-12-3-2-4-13(9-12)22-8-7-20-18(22)27-11-17(24)21-16-10-14(23(25)26)5-6-15(16)19/h2-10H,11H2,1H3,(H,21,24). The zero-order valence-electron chi connectivity index (χ0n) is 14.3. The number of carbonyl (C=O) groups is 1. The number of aromatic nitrogens is 2. The summed E-state index contributed by atoms with van der Waals surface area (Å²) in [5.74, 6) is -1.25. The molecule has 7 nitrogen and oxygen atoms in total. The van der Waals surface area contributed by atoms with E-state index in [1.165, 1.54) is 11.8 Å². The Labute approximate surface area is 158 Å². The Kier molecular flexibility index (Phi) is 5.51. The Bertz CT molecular complexity index is 1010. The smallest absolute Gasteiger partial charge is 0.271 e. The van der Waals surface area contributed by atoms with Gasteiger partial charge in [-0.15, -0.1) is 0 Å². The van der Waals surface area contributed by atoms with Crippen molar-refractivity contribution in [3.05, 3.63) is 76.4 Å². The van der Waals surface area contributed by atoms with Crippen LogP contribution in [0, 0.1) is 22.9 Å². The number of amides is 1. The maximum atomic E-state index is 13.8. The van der Waals surface area contributed by atoms with Crippen LogP contribution in [0.15, 0.2) is 60.0 Å². The number of thioether (sulfide) groups is 1. The van der Waals surface area contributed by atoms with Crippen molar-refractivity contribution >= 4 is 29.0 Å². The number of hydrogen-bond donors (Lipinski definition) is 1. The first kappa shape index (κ1) is 18.6. The minimum Gasteiger partial charge on any atom is -0.323 e. The topological polar surface area (TPSA) is 90.1 Å². The first-order valence-corrected chi connectivity index (χ1v) is 8.89. The van der Waals surface area contributed by atoms with E-state index < -0.39 is 16.6 Å². The van der Waals surface area contributed by atoms with Gasteiger partial charge in [-0.1, -0.05) is 23.9 Å². The monoisotopic (exact) mass is 386 g/mol. The largest absolute Gasteiger partial charge is 0.323 e. The van der Waals surface area contributed by atoms with Crippen LogP contribution in [0.3, 0.4) is 0 Å². The fraction of sp³-hybridized carbons (Fsp3) is 0.111. The molecule has 0 radical (unpaired) electrons. The van der Waals surface area contributed by atoms with Crippen LogP contribution in [0.2, 0.25) is 0 Å². The summed E-state index contributed by atoms with van der Waals surface area (Å²) < 4.78 is 15.6. The molecule has 0 aliphatic rings. The molecule has 0 aliphatic heterocycles. The molecule has 0 spiro atoms. The number of nitro groups is 1. The zero-order valence-corrected chi connectivity index (χ0v) is 15.1. The second-order valence-corrected chi connectivity index (χ2v) is 6.62. The minimum atomic E-state index is -0.736. The number of imidazole rings is 1. The van der Waals surface area contributed by atoms with Crippen molar-refractivity contribution in [1.82, 2.24) is 9.55 Å². The van der Waals surface area contributed by atoms with Crippen LogP contribution in [0.1, 0.15) is 5.56 Å². The first-order valence-electron chi connectivity index (χ1n) is 7.91. The van der Waals surface area contributed by atoms with E-state index in [-0.39, 0.29) is 17.1 Å². The van der Waals surface area contributed by atoms with Gasteiger partial charge in [0.1, 0.15) is 5.82 Å². The Morgan fingerprint density at radius 2 is 2.15 bits per heavy atom. The maximum Gasteiger partial charge on any atom is 0.271 e. The van der Waals surface area contributed by atoms with E-state index in [0.717, 1.165) is 29.4 Å². The highest BCUT2D eigenvalue weighted by atomic mass is 32.2. The molecule has 3 rings (SSSR count). The van der Waals surface area contributed by atoms with Gasteiger partial charge in [-0.05, 0) is 30.7 Å². The van der Waals surface area contributed by atoms with Gasteiger partial charge >= 0.3 is 0 Å². The van der Waals surface area contributed by atoms with Gasteiger partial charge in [0.25, 0.3) is 5.69 Å². The number of rotatable bonds is 6. The normalized spacial score (nSPS) is 10.6. The zero-order chi connectivity index (χ0) is 19.4. The van der Waals surface area contributed by atoms with Gasteiger partial charge in [0, 0.05) is 30.2 Å². The van der Waals surface area contributed by atoms with Crippen LogP contribution in [0.5, 0.6) is 0 Å². The van der Waals surface area contributed by atoms with Crippen molar-refractivity contribution in [2.45, 2.75) is 12.1 Å². The van der Waals surface area contributed by atoms with Gasteiger partial charge in [-0.3, -0.25) is 19.5 Å². The van der Waals surface area contributed by atoms with Crippen molar-refractivity contribution < 1.29 is 14.1 Å². The highest BCUT2D eigenvalue weighted by molar-refractivity contribution is 7.99. The van der Waals surface area contributed by atoms with Crippen molar-refractivity contribution in [1.29, 1.82) is 0 Å². The first-order chi connectivity index (χ1) is 12.9. The summed E-state index contributed by atoms with van der Waals surface area (Å²) in [4.78, 5) is 26.5. The predicted molar refractivity (Wildman–Crippen MR) is 101 cm³/mol. The number of aryl methyl sites for hydroxylation is 1. The fourth-order valence-corrected chi connectivity index (χ4v) is 3.18. The van der Waals surface area contributed by atoms with Gasteiger partial charge in [0.2, 0.25) is 5.91 Å². The van der Waals surface area contributed by atoms with Crippen molar-refractivity contribution in [3.63, 3.8) is 0 Å². The number of carbonyl (C=O) groups excluding carboxylic acids is 1. The number of halogens is 1.